The van der Waals surface area contributed by atoms with Gasteiger partial charge in [-0.25, -0.2) is 4.39 Å². The van der Waals surface area contributed by atoms with E-state index in [-0.39, 0.29) is 36.3 Å². The van der Waals surface area contributed by atoms with Gasteiger partial charge in [0.1, 0.15) is 11.6 Å². The third kappa shape index (κ3) is 4.33. The highest BCUT2D eigenvalue weighted by atomic mass is 19.1. The Balaban J connectivity index is 1.35. The van der Waals surface area contributed by atoms with Gasteiger partial charge in [0, 0.05) is 56.3 Å². The Kier molecular flexibility index (Phi) is 6.69. The van der Waals surface area contributed by atoms with Crippen LogP contribution in [0.25, 0.3) is 0 Å². The van der Waals surface area contributed by atoms with E-state index in [0.29, 0.717) is 26.2 Å². The van der Waals surface area contributed by atoms with Crippen LogP contribution in [0.3, 0.4) is 0 Å². The average molecular weight is 494 g/mol. The van der Waals surface area contributed by atoms with Crippen molar-refractivity contribution in [3.8, 4) is 5.75 Å². The summed E-state index contributed by atoms with van der Waals surface area (Å²) in [4.78, 5) is 45.8. The fourth-order valence-electron chi connectivity index (χ4n) is 5.96. The average Bonchev–Trinajstić information content (AvgIpc) is 3.50. The lowest BCUT2D eigenvalue weighted by Crippen LogP contribution is -2.51. The molecule has 0 spiro atoms. The number of ether oxygens (including phenoxy) is 1. The number of methoxy groups -OCH3 is 1. The van der Waals surface area contributed by atoms with E-state index in [9.17, 15) is 14.4 Å². The van der Waals surface area contributed by atoms with Gasteiger partial charge in [0.25, 0.3) is 0 Å². The molecule has 2 saturated heterocycles. The van der Waals surface area contributed by atoms with Crippen molar-refractivity contribution in [3.63, 3.8) is 0 Å². The maximum absolute atomic E-state index is 15.1. The van der Waals surface area contributed by atoms with Gasteiger partial charge in [0.15, 0.2) is 0 Å². The van der Waals surface area contributed by atoms with Crippen LogP contribution in [0.1, 0.15) is 44.1 Å². The standard InChI is InChI=1S/C28H32FN3O4/c1-36-22-12-10-20(11-13-22)30-14-16-31(17-15-30)25(33)18-28(23-8-4-5-9-24(23)29)19-26(34)32(27(28)35)21-6-2-3-7-21/h4-5,8-13,21H,2-3,6-7,14-19H2,1H3. The van der Waals surface area contributed by atoms with E-state index < -0.39 is 17.1 Å². The third-order valence-electron chi connectivity index (χ3n) is 7.95. The molecule has 36 heavy (non-hydrogen) atoms. The predicted molar refractivity (Wildman–Crippen MR) is 133 cm³/mol. The largest absolute Gasteiger partial charge is 0.497 e. The van der Waals surface area contributed by atoms with Crippen LogP contribution in [-0.4, -0.2) is 66.9 Å². The maximum atomic E-state index is 15.1. The summed E-state index contributed by atoms with van der Waals surface area (Å²) in [5.41, 5.74) is -0.293. The molecule has 2 aromatic carbocycles. The number of likely N-dealkylation sites (tertiary alicyclic amines) is 1. The number of carbonyl (C=O) groups excluding carboxylic acids is 3. The first-order valence-corrected chi connectivity index (χ1v) is 12.7. The Morgan fingerprint density at radius 3 is 2.31 bits per heavy atom. The molecule has 1 unspecified atom stereocenters. The summed E-state index contributed by atoms with van der Waals surface area (Å²) >= 11 is 0. The number of piperazine rings is 1. The summed E-state index contributed by atoms with van der Waals surface area (Å²) in [6.07, 6.45) is 3.10. The molecular formula is C28H32FN3O4. The molecule has 2 heterocycles. The molecule has 3 aliphatic rings. The molecule has 3 fully saturated rings. The number of carbonyl (C=O) groups is 3. The second kappa shape index (κ2) is 9.91. The van der Waals surface area contributed by atoms with Gasteiger partial charge in [0.05, 0.1) is 12.5 Å². The lowest BCUT2D eigenvalue weighted by Gasteiger charge is -2.38. The van der Waals surface area contributed by atoms with Crippen molar-refractivity contribution >= 4 is 23.4 Å². The number of benzene rings is 2. The molecule has 1 atom stereocenters. The number of amides is 3. The Morgan fingerprint density at radius 1 is 1.00 bits per heavy atom. The van der Waals surface area contributed by atoms with Crippen LogP contribution in [0.4, 0.5) is 10.1 Å². The van der Waals surface area contributed by atoms with Crippen LogP contribution in [-0.2, 0) is 19.8 Å². The molecule has 2 aromatic rings. The number of nitrogens with zero attached hydrogens (tertiary/aromatic N) is 3. The van der Waals surface area contributed by atoms with Gasteiger partial charge in [-0.1, -0.05) is 31.0 Å². The van der Waals surface area contributed by atoms with Crippen LogP contribution < -0.4 is 9.64 Å². The number of anilines is 1. The summed E-state index contributed by atoms with van der Waals surface area (Å²) in [7, 11) is 1.63. The molecule has 1 saturated carbocycles. The molecule has 0 radical (unpaired) electrons. The predicted octanol–water partition coefficient (Wildman–Crippen LogP) is 3.51. The van der Waals surface area contributed by atoms with Gasteiger partial charge in [-0.15, -0.1) is 0 Å². The van der Waals surface area contributed by atoms with E-state index in [2.05, 4.69) is 4.90 Å². The van der Waals surface area contributed by atoms with Crippen molar-refractivity contribution in [2.45, 2.75) is 50.0 Å². The summed E-state index contributed by atoms with van der Waals surface area (Å²) in [5.74, 6) is -0.707. The topological polar surface area (TPSA) is 70.2 Å². The molecule has 5 rings (SSSR count). The molecule has 8 heteroatoms. The normalized spacial score (nSPS) is 23.0. The molecule has 0 aromatic heterocycles. The number of hydrogen-bond acceptors (Lipinski definition) is 5. The maximum Gasteiger partial charge on any atom is 0.241 e. The van der Waals surface area contributed by atoms with E-state index in [1.54, 1.807) is 30.2 Å². The summed E-state index contributed by atoms with van der Waals surface area (Å²) in [6.45, 7) is 2.27. The van der Waals surface area contributed by atoms with Crippen LogP contribution in [0.15, 0.2) is 48.5 Å². The first-order valence-electron chi connectivity index (χ1n) is 12.7. The minimum absolute atomic E-state index is 0.147. The van der Waals surface area contributed by atoms with Gasteiger partial charge in [0.2, 0.25) is 17.7 Å². The van der Waals surface area contributed by atoms with Gasteiger partial charge < -0.3 is 14.5 Å². The van der Waals surface area contributed by atoms with Crippen molar-refractivity contribution in [3.05, 3.63) is 59.9 Å². The van der Waals surface area contributed by atoms with E-state index in [4.69, 9.17) is 4.74 Å². The highest BCUT2D eigenvalue weighted by Crippen LogP contribution is 2.44. The van der Waals surface area contributed by atoms with E-state index in [1.807, 2.05) is 24.3 Å². The van der Waals surface area contributed by atoms with Gasteiger partial charge in [-0.05, 0) is 43.2 Å². The minimum atomic E-state index is -1.49. The number of hydrogen-bond donors (Lipinski definition) is 0. The van der Waals surface area contributed by atoms with Crippen LogP contribution in [0, 0.1) is 5.82 Å². The minimum Gasteiger partial charge on any atom is -0.497 e. The molecule has 7 nitrogen and oxygen atoms in total. The van der Waals surface area contributed by atoms with E-state index in [1.165, 1.54) is 11.0 Å². The Bertz CT molecular complexity index is 1140. The van der Waals surface area contributed by atoms with Gasteiger partial charge in [-0.2, -0.15) is 0 Å². The smallest absolute Gasteiger partial charge is 0.241 e. The fourth-order valence-corrected chi connectivity index (χ4v) is 5.96. The number of imide groups is 1. The van der Waals surface area contributed by atoms with Crippen molar-refractivity contribution in [2.75, 3.05) is 38.2 Å². The highest BCUT2D eigenvalue weighted by molar-refractivity contribution is 6.11. The molecule has 3 amide bonds. The first kappa shape index (κ1) is 24.3. The number of rotatable bonds is 6. The van der Waals surface area contributed by atoms with Crippen molar-refractivity contribution in [2.24, 2.45) is 0 Å². The second-order valence-corrected chi connectivity index (χ2v) is 9.99. The summed E-state index contributed by atoms with van der Waals surface area (Å²) in [5, 5.41) is 0. The SMILES string of the molecule is COc1ccc(N2CCN(C(=O)CC3(c4ccccc4F)CC(=O)N(C4CCCC4)C3=O)CC2)cc1. The van der Waals surface area contributed by atoms with Crippen molar-refractivity contribution < 1.29 is 23.5 Å². The molecule has 190 valence electrons. The van der Waals surface area contributed by atoms with E-state index in [0.717, 1.165) is 37.1 Å². The number of halogens is 1. The molecule has 0 bridgehead atoms. The summed E-state index contributed by atoms with van der Waals surface area (Å²) in [6, 6.07) is 13.7. The van der Waals surface area contributed by atoms with Crippen LogP contribution in [0.5, 0.6) is 5.75 Å². The zero-order valence-corrected chi connectivity index (χ0v) is 20.6. The Hall–Kier alpha value is -3.42. The zero-order valence-electron chi connectivity index (χ0n) is 20.6. The Morgan fingerprint density at radius 2 is 1.67 bits per heavy atom. The van der Waals surface area contributed by atoms with Crippen molar-refractivity contribution in [1.82, 2.24) is 9.80 Å². The quantitative estimate of drug-likeness (QED) is 0.576. The van der Waals surface area contributed by atoms with Gasteiger partial charge in [-0.3, -0.25) is 19.3 Å². The van der Waals surface area contributed by atoms with E-state index >= 15 is 4.39 Å². The lowest BCUT2D eigenvalue weighted by molar-refractivity contribution is -0.144. The van der Waals surface area contributed by atoms with Gasteiger partial charge >= 0.3 is 0 Å². The fraction of sp³-hybridized carbons (Fsp3) is 0.464. The molecule has 1 aliphatic carbocycles. The molecule has 2 aliphatic heterocycles. The van der Waals surface area contributed by atoms with Crippen LogP contribution in [0.2, 0.25) is 0 Å². The lowest BCUT2D eigenvalue weighted by atomic mass is 9.75. The second-order valence-electron chi connectivity index (χ2n) is 9.99. The Labute approximate surface area is 210 Å². The van der Waals surface area contributed by atoms with Crippen molar-refractivity contribution in [1.29, 1.82) is 0 Å². The summed E-state index contributed by atoms with van der Waals surface area (Å²) < 4.78 is 20.3. The highest BCUT2D eigenvalue weighted by Gasteiger charge is 2.56. The zero-order chi connectivity index (χ0) is 25.3. The first-order chi connectivity index (χ1) is 17.4. The molecular weight excluding hydrogens is 461 g/mol. The third-order valence-corrected chi connectivity index (χ3v) is 7.95. The monoisotopic (exact) mass is 493 g/mol. The van der Waals surface area contributed by atoms with Crippen LogP contribution >= 0.6 is 0 Å². The molecule has 0 N–H and O–H groups in total.